The van der Waals surface area contributed by atoms with Crippen molar-refractivity contribution in [3.05, 3.63) is 23.8 Å². The number of unbranched alkanes of at least 4 members (excludes halogenated alkanes) is 1. The van der Waals surface area contributed by atoms with E-state index in [0.717, 1.165) is 24.7 Å². The quantitative estimate of drug-likeness (QED) is 0.680. The van der Waals surface area contributed by atoms with Crippen LogP contribution in [-0.4, -0.2) is 34.7 Å². The Morgan fingerprint density at radius 3 is 2.76 bits per heavy atom. The summed E-state index contributed by atoms with van der Waals surface area (Å²) in [5.74, 6) is 0.512. The largest absolute Gasteiger partial charge is 0.508 e. The number of benzene rings is 1. The molecule has 0 aliphatic carbocycles. The number of carbonyl (C=O) groups is 1. The number of phenols is 2. The zero-order chi connectivity index (χ0) is 12.7. The number of aromatic hydroxyl groups is 2. The van der Waals surface area contributed by atoms with Crippen molar-refractivity contribution in [2.24, 2.45) is 0 Å². The Morgan fingerprint density at radius 1 is 1.35 bits per heavy atom. The van der Waals surface area contributed by atoms with Crippen LogP contribution in [0.5, 0.6) is 11.5 Å². The molecule has 5 heteroatoms. The van der Waals surface area contributed by atoms with Crippen LogP contribution in [0.4, 0.5) is 0 Å². The number of carbonyl (C=O) groups excluding carboxylic acids is 1. The SMILES string of the molecule is CSCCCCNC(=O)c1ccc(O)cc1O. The number of thioether (sulfide) groups is 1. The Hall–Kier alpha value is -1.36. The van der Waals surface area contributed by atoms with Crippen molar-refractivity contribution < 1.29 is 15.0 Å². The maximum Gasteiger partial charge on any atom is 0.255 e. The first kappa shape index (κ1) is 13.7. The van der Waals surface area contributed by atoms with Gasteiger partial charge in [-0.3, -0.25) is 4.79 Å². The summed E-state index contributed by atoms with van der Waals surface area (Å²) in [5, 5.41) is 21.3. The highest BCUT2D eigenvalue weighted by Gasteiger charge is 2.10. The van der Waals surface area contributed by atoms with E-state index in [1.54, 1.807) is 11.8 Å². The number of amides is 1. The normalized spacial score (nSPS) is 10.2. The summed E-state index contributed by atoms with van der Waals surface area (Å²) < 4.78 is 0. The molecule has 0 radical (unpaired) electrons. The summed E-state index contributed by atoms with van der Waals surface area (Å²) in [6, 6.07) is 3.94. The van der Waals surface area contributed by atoms with Gasteiger partial charge >= 0.3 is 0 Å². The molecule has 4 nitrogen and oxygen atoms in total. The van der Waals surface area contributed by atoms with Crippen molar-refractivity contribution >= 4 is 17.7 Å². The van der Waals surface area contributed by atoms with Crippen molar-refractivity contribution in [3.8, 4) is 11.5 Å². The van der Waals surface area contributed by atoms with E-state index in [1.165, 1.54) is 12.1 Å². The molecule has 0 bridgehead atoms. The zero-order valence-corrected chi connectivity index (χ0v) is 10.6. The second-order valence-corrected chi connectivity index (χ2v) is 4.64. The molecule has 0 heterocycles. The lowest BCUT2D eigenvalue weighted by molar-refractivity contribution is 0.0950. The molecular weight excluding hydrogens is 238 g/mol. The van der Waals surface area contributed by atoms with Gasteiger partial charge in [-0.15, -0.1) is 0 Å². The van der Waals surface area contributed by atoms with Gasteiger partial charge in [-0.1, -0.05) is 0 Å². The molecule has 1 aromatic rings. The van der Waals surface area contributed by atoms with E-state index < -0.39 is 0 Å². The van der Waals surface area contributed by atoms with Crippen LogP contribution in [0.1, 0.15) is 23.2 Å². The van der Waals surface area contributed by atoms with Crippen LogP contribution >= 0.6 is 11.8 Å². The van der Waals surface area contributed by atoms with Gasteiger partial charge in [-0.05, 0) is 37.0 Å². The molecule has 1 amide bonds. The number of rotatable bonds is 6. The minimum Gasteiger partial charge on any atom is -0.508 e. The second kappa shape index (κ2) is 7.06. The molecule has 0 aliphatic heterocycles. The van der Waals surface area contributed by atoms with E-state index in [2.05, 4.69) is 5.32 Å². The summed E-state index contributed by atoms with van der Waals surface area (Å²) >= 11 is 1.78. The molecule has 0 aliphatic rings. The molecule has 0 saturated carbocycles. The van der Waals surface area contributed by atoms with Gasteiger partial charge in [0.1, 0.15) is 11.5 Å². The van der Waals surface area contributed by atoms with E-state index in [9.17, 15) is 9.90 Å². The average Bonchev–Trinajstić information content (AvgIpc) is 2.28. The van der Waals surface area contributed by atoms with Gasteiger partial charge < -0.3 is 15.5 Å². The fourth-order valence-electron chi connectivity index (χ4n) is 1.38. The summed E-state index contributed by atoms with van der Waals surface area (Å²) in [6.07, 6.45) is 4.03. The summed E-state index contributed by atoms with van der Waals surface area (Å²) in [6.45, 7) is 0.597. The monoisotopic (exact) mass is 255 g/mol. The van der Waals surface area contributed by atoms with Crippen LogP contribution in [0.2, 0.25) is 0 Å². The van der Waals surface area contributed by atoms with Crippen LogP contribution in [-0.2, 0) is 0 Å². The van der Waals surface area contributed by atoms with Crippen molar-refractivity contribution in [2.45, 2.75) is 12.8 Å². The molecule has 0 unspecified atom stereocenters. The molecule has 1 aromatic carbocycles. The fraction of sp³-hybridized carbons (Fsp3) is 0.417. The third-order valence-corrected chi connectivity index (χ3v) is 2.98. The molecule has 0 fully saturated rings. The zero-order valence-electron chi connectivity index (χ0n) is 9.77. The summed E-state index contributed by atoms with van der Waals surface area (Å²) in [7, 11) is 0. The summed E-state index contributed by atoms with van der Waals surface area (Å²) in [4.78, 5) is 11.7. The van der Waals surface area contributed by atoms with E-state index in [-0.39, 0.29) is 23.0 Å². The van der Waals surface area contributed by atoms with Gasteiger partial charge in [0.25, 0.3) is 5.91 Å². The van der Waals surface area contributed by atoms with Crippen molar-refractivity contribution in [1.29, 1.82) is 0 Å². The Kier molecular flexibility index (Phi) is 5.69. The number of phenolic OH excluding ortho intramolecular Hbond substituents is 2. The molecule has 1 rings (SSSR count). The highest BCUT2D eigenvalue weighted by Crippen LogP contribution is 2.22. The van der Waals surface area contributed by atoms with E-state index >= 15 is 0 Å². The molecule has 0 atom stereocenters. The molecular formula is C12H17NO3S. The predicted molar refractivity (Wildman–Crippen MR) is 69.7 cm³/mol. The van der Waals surface area contributed by atoms with E-state index in [0.29, 0.717) is 6.54 Å². The Morgan fingerprint density at radius 2 is 2.12 bits per heavy atom. The topological polar surface area (TPSA) is 69.6 Å². The lowest BCUT2D eigenvalue weighted by Gasteiger charge is -2.06. The van der Waals surface area contributed by atoms with Gasteiger partial charge in [-0.2, -0.15) is 11.8 Å². The van der Waals surface area contributed by atoms with Crippen LogP contribution < -0.4 is 5.32 Å². The first-order valence-corrected chi connectivity index (χ1v) is 6.83. The highest BCUT2D eigenvalue weighted by molar-refractivity contribution is 7.98. The Labute approximate surface area is 105 Å². The first-order valence-electron chi connectivity index (χ1n) is 5.44. The van der Waals surface area contributed by atoms with Crippen LogP contribution in [0, 0.1) is 0 Å². The van der Waals surface area contributed by atoms with Crippen molar-refractivity contribution in [3.63, 3.8) is 0 Å². The van der Waals surface area contributed by atoms with Gasteiger partial charge in [0.2, 0.25) is 0 Å². The third-order valence-electron chi connectivity index (χ3n) is 2.29. The molecule has 0 saturated heterocycles. The second-order valence-electron chi connectivity index (χ2n) is 3.66. The maximum absolute atomic E-state index is 11.7. The smallest absolute Gasteiger partial charge is 0.255 e. The third kappa shape index (κ3) is 4.56. The van der Waals surface area contributed by atoms with Crippen LogP contribution in [0.25, 0.3) is 0 Å². The minimum atomic E-state index is -0.313. The number of hydrogen-bond donors (Lipinski definition) is 3. The fourth-order valence-corrected chi connectivity index (χ4v) is 1.87. The number of nitrogens with one attached hydrogen (secondary N) is 1. The number of hydrogen-bond acceptors (Lipinski definition) is 4. The maximum atomic E-state index is 11.7. The van der Waals surface area contributed by atoms with Crippen LogP contribution in [0.15, 0.2) is 18.2 Å². The van der Waals surface area contributed by atoms with Gasteiger partial charge in [0, 0.05) is 12.6 Å². The molecule has 3 N–H and O–H groups in total. The predicted octanol–water partition coefficient (Wildman–Crippen LogP) is 1.97. The van der Waals surface area contributed by atoms with E-state index in [4.69, 9.17) is 5.11 Å². The Bertz CT molecular complexity index is 382. The van der Waals surface area contributed by atoms with Gasteiger partial charge in [0.05, 0.1) is 5.56 Å². The molecule has 94 valence electrons. The summed E-state index contributed by atoms with van der Waals surface area (Å²) in [5.41, 5.74) is 0.188. The lowest BCUT2D eigenvalue weighted by Crippen LogP contribution is -2.24. The van der Waals surface area contributed by atoms with E-state index in [1.807, 2.05) is 6.26 Å². The lowest BCUT2D eigenvalue weighted by atomic mass is 10.1. The molecule has 0 aromatic heterocycles. The van der Waals surface area contributed by atoms with Crippen molar-refractivity contribution in [1.82, 2.24) is 5.32 Å². The molecule has 17 heavy (non-hydrogen) atoms. The first-order chi connectivity index (χ1) is 8.15. The van der Waals surface area contributed by atoms with Gasteiger partial charge in [0.15, 0.2) is 0 Å². The van der Waals surface area contributed by atoms with Crippen molar-refractivity contribution in [2.75, 3.05) is 18.6 Å². The molecule has 0 spiro atoms. The highest BCUT2D eigenvalue weighted by atomic mass is 32.2. The minimum absolute atomic E-state index is 0.0565. The van der Waals surface area contributed by atoms with Crippen LogP contribution in [0.3, 0.4) is 0 Å². The average molecular weight is 255 g/mol. The van der Waals surface area contributed by atoms with Gasteiger partial charge in [-0.25, -0.2) is 0 Å². The standard InChI is InChI=1S/C12H17NO3S/c1-17-7-3-2-6-13-12(16)10-5-4-9(14)8-11(10)15/h4-5,8,14-15H,2-3,6-7H2,1H3,(H,13,16). The Balaban J connectivity index is 2.42.